The molecule has 1 N–H and O–H groups in total. The number of nitrogens with one attached hydrogen (secondary N) is 1. The Hall–Kier alpha value is -2.71. The van der Waals surface area contributed by atoms with Gasteiger partial charge in [-0.25, -0.2) is 8.78 Å². The average Bonchev–Trinajstić information content (AvgIpc) is 2.95. The van der Waals surface area contributed by atoms with Crippen molar-refractivity contribution in [2.45, 2.75) is 50.6 Å². The van der Waals surface area contributed by atoms with E-state index in [1.807, 2.05) is 0 Å². The number of carbonyl (C=O) groups is 3. The summed E-state index contributed by atoms with van der Waals surface area (Å²) in [6.45, 7) is 3.87. The SMILES string of the molecule is C=C1CCC(N2Cc3cc(CCC(=O)C(F)(F)C(F)F)ccc3C2=O)C(=O)N1. The second-order valence-corrected chi connectivity index (χ2v) is 6.92. The quantitative estimate of drug-likeness (QED) is 0.750. The van der Waals surface area contributed by atoms with E-state index >= 15 is 0 Å². The standard InChI is InChI=1S/C19H18F4N2O3/c1-10-2-6-14(16(27)24-10)25-9-12-8-11(3-5-13(12)17(25)28)4-7-15(26)19(22,23)18(20)21/h3,5,8,14,18H,1-2,4,6-7,9H2,(H,24,27). The Morgan fingerprint density at radius 1 is 1.32 bits per heavy atom. The maximum atomic E-state index is 13.0. The van der Waals surface area contributed by atoms with E-state index in [2.05, 4.69) is 11.9 Å². The molecule has 1 saturated heterocycles. The van der Waals surface area contributed by atoms with Gasteiger partial charge in [-0.2, -0.15) is 8.78 Å². The Morgan fingerprint density at radius 3 is 2.68 bits per heavy atom. The number of alkyl halides is 4. The third kappa shape index (κ3) is 3.65. The average molecular weight is 398 g/mol. The second-order valence-electron chi connectivity index (χ2n) is 6.92. The van der Waals surface area contributed by atoms with Crippen LogP contribution < -0.4 is 5.32 Å². The first-order valence-electron chi connectivity index (χ1n) is 8.72. The molecular weight excluding hydrogens is 380 g/mol. The first kappa shape index (κ1) is 20.0. The van der Waals surface area contributed by atoms with Crippen molar-refractivity contribution in [3.8, 4) is 0 Å². The molecule has 28 heavy (non-hydrogen) atoms. The molecule has 1 fully saturated rings. The summed E-state index contributed by atoms with van der Waals surface area (Å²) < 4.78 is 50.6. The van der Waals surface area contributed by atoms with E-state index in [0.717, 1.165) is 0 Å². The summed E-state index contributed by atoms with van der Waals surface area (Å²) in [6.07, 6.45) is -3.91. The van der Waals surface area contributed by atoms with Gasteiger partial charge in [0.25, 0.3) is 5.91 Å². The molecule has 0 bridgehead atoms. The van der Waals surface area contributed by atoms with Gasteiger partial charge in [-0.05, 0) is 36.5 Å². The van der Waals surface area contributed by atoms with Gasteiger partial charge < -0.3 is 10.2 Å². The van der Waals surface area contributed by atoms with Gasteiger partial charge in [-0.3, -0.25) is 14.4 Å². The number of benzene rings is 1. The molecule has 1 aromatic rings. The number of hydrogen-bond donors (Lipinski definition) is 1. The van der Waals surface area contributed by atoms with Crippen LogP contribution in [0.15, 0.2) is 30.5 Å². The zero-order valence-corrected chi connectivity index (χ0v) is 14.8. The van der Waals surface area contributed by atoms with Crippen molar-refractivity contribution < 1.29 is 31.9 Å². The van der Waals surface area contributed by atoms with Gasteiger partial charge in [0.15, 0.2) is 0 Å². The molecular formula is C19H18F4N2O3. The highest BCUT2D eigenvalue weighted by atomic mass is 19.3. The van der Waals surface area contributed by atoms with Crippen molar-refractivity contribution in [3.05, 3.63) is 47.2 Å². The van der Waals surface area contributed by atoms with Crippen molar-refractivity contribution in [1.29, 1.82) is 0 Å². The fourth-order valence-electron chi connectivity index (χ4n) is 3.41. The third-order valence-corrected chi connectivity index (χ3v) is 4.99. The van der Waals surface area contributed by atoms with Crippen LogP contribution in [0, 0.1) is 0 Å². The predicted molar refractivity (Wildman–Crippen MR) is 90.9 cm³/mol. The third-order valence-electron chi connectivity index (χ3n) is 4.99. The largest absolute Gasteiger partial charge is 0.364 e. The van der Waals surface area contributed by atoms with E-state index in [4.69, 9.17) is 0 Å². The molecule has 2 heterocycles. The monoisotopic (exact) mass is 398 g/mol. The number of Topliss-reactive ketones (excluding diaryl/α,β-unsaturated/α-hetero) is 1. The van der Waals surface area contributed by atoms with E-state index in [0.29, 0.717) is 35.2 Å². The Kier molecular flexibility index (Phi) is 5.27. The molecule has 0 aliphatic carbocycles. The Bertz CT molecular complexity index is 854. The van der Waals surface area contributed by atoms with Gasteiger partial charge in [-0.15, -0.1) is 0 Å². The van der Waals surface area contributed by atoms with Crippen LogP contribution in [0.25, 0.3) is 0 Å². The van der Waals surface area contributed by atoms with E-state index < -0.39 is 30.6 Å². The molecule has 0 radical (unpaired) electrons. The Morgan fingerprint density at radius 2 is 2.04 bits per heavy atom. The van der Waals surface area contributed by atoms with Crippen molar-refractivity contribution in [1.82, 2.24) is 10.2 Å². The zero-order chi connectivity index (χ0) is 20.6. The number of carbonyl (C=O) groups excluding carboxylic acids is 3. The fourth-order valence-corrected chi connectivity index (χ4v) is 3.41. The van der Waals surface area contributed by atoms with Crippen molar-refractivity contribution in [2.75, 3.05) is 0 Å². The number of amides is 2. The second kappa shape index (κ2) is 7.37. The molecule has 0 spiro atoms. The molecule has 2 amide bonds. The number of fused-ring (bicyclic) bond motifs is 1. The topological polar surface area (TPSA) is 66.5 Å². The maximum Gasteiger partial charge on any atom is 0.364 e. The minimum atomic E-state index is -4.66. The highest BCUT2D eigenvalue weighted by Gasteiger charge is 2.47. The van der Waals surface area contributed by atoms with E-state index in [1.54, 1.807) is 6.07 Å². The summed E-state index contributed by atoms with van der Waals surface area (Å²) in [5.74, 6) is -7.10. The van der Waals surface area contributed by atoms with Gasteiger partial charge in [0, 0.05) is 24.2 Å². The van der Waals surface area contributed by atoms with Crippen LogP contribution in [0.4, 0.5) is 17.6 Å². The summed E-state index contributed by atoms with van der Waals surface area (Å²) in [6, 6.07) is 3.96. The highest BCUT2D eigenvalue weighted by Crippen LogP contribution is 2.30. The minimum Gasteiger partial charge on any atom is -0.329 e. The summed E-state index contributed by atoms with van der Waals surface area (Å²) in [5.41, 5.74) is 2.07. The fraction of sp³-hybridized carbons (Fsp3) is 0.421. The summed E-state index contributed by atoms with van der Waals surface area (Å²) in [7, 11) is 0. The number of nitrogens with zero attached hydrogens (tertiary/aromatic N) is 1. The summed E-state index contributed by atoms with van der Waals surface area (Å²) >= 11 is 0. The molecule has 2 aliphatic heterocycles. The van der Waals surface area contributed by atoms with Crippen LogP contribution >= 0.6 is 0 Å². The molecule has 0 saturated carbocycles. The smallest absolute Gasteiger partial charge is 0.329 e. The number of aryl methyl sites for hydroxylation is 1. The normalized spacial score (nSPS) is 19.8. The number of allylic oxidation sites excluding steroid dienone is 1. The number of hydrogen-bond acceptors (Lipinski definition) is 3. The molecule has 1 unspecified atom stereocenters. The maximum absolute atomic E-state index is 13.0. The Labute approximate surface area is 158 Å². The van der Waals surface area contributed by atoms with Crippen molar-refractivity contribution in [2.24, 2.45) is 0 Å². The lowest BCUT2D eigenvalue weighted by Crippen LogP contribution is -2.49. The number of ketones is 1. The highest BCUT2D eigenvalue weighted by molar-refractivity contribution is 6.01. The van der Waals surface area contributed by atoms with Gasteiger partial charge in [-0.1, -0.05) is 18.7 Å². The molecule has 3 rings (SSSR count). The van der Waals surface area contributed by atoms with Crippen LogP contribution in [0.2, 0.25) is 0 Å². The molecule has 1 atom stereocenters. The number of halogens is 4. The number of piperidine rings is 1. The van der Waals surface area contributed by atoms with Gasteiger partial charge in [0.2, 0.25) is 11.7 Å². The van der Waals surface area contributed by atoms with Crippen LogP contribution in [-0.2, 0) is 22.6 Å². The van der Waals surface area contributed by atoms with Gasteiger partial charge in [0.05, 0.1) is 0 Å². The van der Waals surface area contributed by atoms with Crippen LogP contribution in [-0.4, -0.2) is 40.9 Å². The lowest BCUT2D eigenvalue weighted by atomic mass is 10.0. The molecule has 5 nitrogen and oxygen atoms in total. The lowest BCUT2D eigenvalue weighted by molar-refractivity contribution is -0.167. The Balaban J connectivity index is 1.69. The van der Waals surface area contributed by atoms with Crippen LogP contribution in [0.5, 0.6) is 0 Å². The van der Waals surface area contributed by atoms with E-state index in [1.165, 1.54) is 17.0 Å². The van der Waals surface area contributed by atoms with Gasteiger partial charge in [0.1, 0.15) is 6.04 Å². The predicted octanol–water partition coefficient (Wildman–Crippen LogP) is 2.84. The lowest BCUT2D eigenvalue weighted by Gasteiger charge is -2.30. The van der Waals surface area contributed by atoms with Crippen molar-refractivity contribution >= 4 is 17.6 Å². The molecule has 0 aromatic heterocycles. The molecule has 9 heteroatoms. The first-order chi connectivity index (χ1) is 13.1. The summed E-state index contributed by atoms with van der Waals surface area (Å²) in [5, 5.41) is 2.62. The van der Waals surface area contributed by atoms with Gasteiger partial charge >= 0.3 is 12.3 Å². The molecule has 2 aliphatic rings. The van der Waals surface area contributed by atoms with Crippen LogP contribution in [0.3, 0.4) is 0 Å². The van der Waals surface area contributed by atoms with Crippen molar-refractivity contribution in [3.63, 3.8) is 0 Å². The molecule has 150 valence electrons. The van der Waals surface area contributed by atoms with E-state index in [-0.39, 0.29) is 24.8 Å². The van der Waals surface area contributed by atoms with Crippen LogP contribution in [0.1, 0.15) is 40.7 Å². The number of rotatable bonds is 6. The molecule has 1 aromatic carbocycles. The minimum absolute atomic E-state index is 0.146. The van der Waals surface area contributed by atoms with E-state index in [9.17, 15) is 31.9 Å². The summed E-state index contributed by atoms with van der Waals surface area (Å²) in [4.78, 5) is 37.5. The zero-order valence-electron chi connectivity index (χ0n) is 14.8. The first-order valence-corrected chi connectivity index (χ1v) is 8.72.